The first kappa shape index (κ1) is 27.8. The van der Waals surface area contributed by atoms with Gasteiger partial charge in [-0.1, -0.05) is 38.3 Å². The van der Waals surface area contributed by atoms with Gasteiger partial charge in [0.25, 0.3) is 5.91 Å². The molecule has 1 aromatic carbocycles. The van der Waals surface area contributed by atoms with E-state index >= 15 is 0 Å². The number of rotatable bonds is 6. The van der Waals surface area contributed by atoms with Crippen LogP contribution in [0.25, 0.3) is 16.9 Å². The highest BCUT2D eigenvalue weighted by Gasteiger charge is 2.27. The van der Waals surface area contributed by atoms with E-state index < -0.39 is 0 Å². The van der Waals surface area contributed by atoms with Gasteiger partial charge in [-0.05, 0) is 57.2 Å². The zero-order chi connectivity index (χ0) is 28.2. The van der Waals surface area contributed by atoms with Crippen molar-refractivity contribution in [2.45, 2.75) is 77.7 Å². The van der Waals surface area contributed by atoms with Crippen molar-refractivity contribution in [1.29, 1.82) is 0 Å². The fourth-order valence-corrected chi connectivity index (χ4v) is 5.90. The van der Waals surface area contributed by atoms with Gasteiger partial charge in [-0.15, -0.1) is 0 Å². The number of hydrogen-bond acceptors (Lipinski definition) is 5. The highest BCUT2D eigenvalue weighted by Crippen LogP contribution is 2.25. The summed E-state index contributed by atoms with van der Waals surface area (Å²) in [5, 5.41) is 7.73. The second-order valence-corrected chi connectivity index (χ2v) is 11.3. The van der Waals surface area contributed by atoms with Crippen LogP contribution < -0.4 is 5.32 Å². The van der Waals surface area contributed by atoms with E-state index in [2.05, 4.69) is 19.2 Å². The number of aryl methyl sites for hydroxylation is 1. The molecule has 2 atom stereocenters. The molecule has 0 radical (unpaired) electrons. The van der Waals surface area contributed by atoms with Gasteiger partial charge < -0.3 is 15.1 Å². The average molecular weight is 545 g/mol. The van der Waals surface area contributed by atoms with E-state index in [4.69, 9.17) is 10.1 Å². The number of nitrogens with one attached hydrogen (secondary N) is 1. The molecular weight excluding hydrogens is 504 g/mol. The van der Waals surface area contributed by atoms with Crippen LogP contribution in [0.5, 0.6) is 0 Å². The molecule has 5 rings (SSSR count). The third-order valence-corrected chi connectivity index (χ3v) is 8.31. The molecule has 2 saturated heterocycles. The Morgan fingerprint density at radius 3 is 2.52 bits per heavy atom. The van der Waals surface area contributed by atoms with Crippen molar-refractivity contribution >= 4 is 29.1 Å². The van der Waals surface area contributed by atoms with Crippen LogP contribution in [-0.4, -0.2) is 68.3 Å². The number of benzene rings is 1. The lowest BCUT2D eigenvalue weighted by atomic mass is 9.98. The van der Waals surface area contributed by atoms with Crippen LogP contribution in [-0.2, 0) is 16.0 Å². The summed E-state index contributed by atoms with van der Waals surface area (Å²) in [7, 11) is 1.81. The Morgan fingerprint density at radius 1 is 1.00 bits per heavy atom. The number of nitrogens with zero attached hydrogens (tertiary/aromatic N) is 5. The monoisotopic (exact) mass is 544 g/mol. The summed E-state index contributed by atoms with van der Waals surface area (Å²) in [6, 6.07) is 11.5. The molecule has 2 unspecified atom stereocenters. The number of anilines is 1. The SMILES string of the molecule is CCc1cc(C(=O)N2CCCCCC2C)nc2cc(-c3ccc(NC(=O)CC4CCCCN(C)C4=O)cc3)nn12. The third-order valence-electron chi connectivity index (χ3n) is 8.31. The lowest BCUT2D eigenvalue weighted by Crippen LogP contribution is -2.38. The van der Waals surface area contributed by atoms with Gasteiger partial charge in [0.15, 0.2) is 5.65 Å². The first-order valence-electron chi connectivity index (χ1n) is 14.7. The van der Waals surface area contributed by atoms with Crippen LogP contribution in [0.1, 0.15) is 81.4 Å². The minimum atomic E-state index is -0.260. The molecule has 4 heterocycles. The lowest BCUT2D eigenvalue weighted by Gasteiger charge is -2.27. The number of fused-ring (bicyclic) bond motifs is 1. The van der Waals surface area contributed by atoms with Crippen molar-refractivity contribution in [1.82, 2.24) is 24.4 Å². The van der Waals surface area contributed by atoms with Crippen molar-refractivity contribution in [3.05, 3.63) is 47.8 Å². The Bertz CT molecular complexity index is 1380. The summed E-state index contributed by atoms with van der Waals surface area (Å²) in [6.07, 6.45) is 7.98. The second kappa shape index (κ2) is 12.2. The maximum absolute atomic E-state index is 13.4. The van der Waals surface area contributed by atoms with E-state index in [0.717, 1.165) is 81.4 Å². The van der Waals surface area contributed by atoms with Crippen molar-refractivity contribution in [2.75, 3.05) is 25.5 Å². The molecule has 9 nitrogen and oxygen atoms in total. The highest BCUT2D eigenvalue weighted by molar-refractivity contribution is 5.94. The summed E-state index contributed by atoms with van der Waals surface area (Å²) >= 11 is 0. The van der Waals surface area contributed by atoms with Crippen molar-refractivity contribution in [3.63, 3.8) is 0 Å². The summed E-state index contributed by atoms with van der Waals surface area (Å²) in [4.78, 5) is 47.1. The van der Waals surface area contributed by atoms with E-state index in [0.29, 0.717) is 17.0 Å². The molecule has 0 saturated carbocycles. The van der Waals surface area contributed by atoms with E-state index in [1.165, 1.54) is 0 Å². The summed E-state index contributed by atoms with van der Waals surface area (Å²) in [6.45, 7) is 5.71. The summed E-state index contributed by atoms with van der Waals surface area (Å²) < 4.78 is 1.81. The van der Waals surface area contributed by atoms with Gasteiger partial charge in [-0.3, -0.25) is 14.4 Å². The molecule has 2 aliphatic heterocycles. The highest BCUT2D eigenvalue weighted by atomic mass is 16.2. The average Bonchev–Trinajstić information content (AvgIpc) is 3.19. The van der Waals surface area contributed by atoms with Crippen LogP contribution in [0, 0.1) is 5.92 Å². The number of amides is 3. The van der Waals surface area contributed by atoms with Crippen LogP contribution in [0.4, 0.5) is 5.69 Å². The maximum Gasteiger partial charge on any atom is 0.272 e. The van der Waals surface area contributed by atoms with Crippen LogP contribution in [0.3, 0.4) is 0 Å². The predicted molar refractivity (Wildman–Crippen MR) is 155 cm³/mol. The molecular formula is C31H40N6O3. The molecule has 0 spiro atoms. The van der Waals surface area contributed by atoms with Crippen molar-refractivity contribution < 1.29 is 14.4 Å². The summed E-state index contributed by atoms with van der Waals surface area (Å²) in [5.41, 5.74) is 4.38. The first-order valence-corrected chi connectivity index (χ1v) is 14.7. The van der Waals surface area contributed by atoms with Gasteiger partial charge >= 0.3 is 0 Å². The predicted octanol–water partition coefficient (Wildman–Crippen LogP) is 4.95. The van der Waals surface area contributed by atoms with Crippen LogP contribution in [0.2, 0.25) is 0 Å². The molecule has 9 heteroatoms. The second-order valence-electron chi connectivity index (χ2n) is 11.3. The number of carbonyl (C=O) groups is 3. The van der Waals surface area contributed by atoms with Crippen molar-refractivity contribution in [3.8, 4) is 11.3 Å². The molecule has 2 aliphatic rings. The molecule has 3 amide bonds. The Morgan fingerprint density at radius 2 is 1.75 bits per heavy atom. The fraction of sp³-hybridized carbons (Fsp3) is 0.516. The zero-order valence-electron chi connectivity index (χ0n) is 23.9. The summed E-state index contributed by atoms with van der Waals surface area (Å²) in [5.74, 6) is -0.362. The van der Waals surface area contributed by atoms with E-state index in [-0.39, 0.29) is 36.1 Å². The fourth-order valence-electron chi connectivity index (χ4n) is 5.90. The van der Waals surface area contributed by atoms with E-state index in [1.54, 1.807) is 4.90 Å². The van der Waals surface area contributed by atoms with E-state index in [1.807, 2.05) is 52.9 Å². The number of likely N-dealkylation sites (tertiary alicyclic amines) is 2. The van der Waals surface area contributed by atoms with Crippen LogP contribution >= 0.6 is 0 Å². The van der Waals surface area contributed by atoms with Gasteiger partial charge in [0.05, 0.1) is 5.69 Å². The van der Waals surface area contributed by atoms with Gasteiger partial charge in [-0.2, -0.15) is 5.10 Å². The number of hydrogen-bond donors (Lipinski definition) is 1. The third kappa shape index (κ3) is 6.03. The van der Waals surface area contributed by atoms with Gasteiger partial charge in [0, 0.05) is 61.5 Å². The maximum atomic E-state index is 13.4. The lowest BCUT2D eigenvalue weighted by molar-refractivity contribution is -0.135. The molecule has 2 aromatic heterocycles. The van der Waals surface area contributed by atoms with Crippen molar-refractivity contribution in [2.24, 2.45) is 5.92 Å². The Balaban J connectivity index is 1.31. The molecule has 40 heavy (non-hydrogen) atoms. The van der Waals surface area contributed by atoms with E-state index in [9.17, 15) is 14.4 Å². The first-order chi connectivity index (χ1) is 19.3. The molecule has 2 fully saturated rings. The van der Waals surface area contributed by atoms with Gasteiger partial charge in [0.2, 0.25) is 11.8 Å². The minimum Gasteiger partial charge on any atom is -0.346 e. The Labute approximate surface area is 235 Å². The van der Waals surface area contributed by atoms with Crippen LogP contribution in [0.15, 0.2) is 36.4 Å². The Kier molecular flexibility index (Phi) is 8.47. The molecule has 0 aliphatic carbocycles. The molecule has 0 bridgehead atoms. The van der Waals surface area contributed by atoms with Gasteiger partial charge in [-0.25, -0.2) is 9.50 Å². The number of carbonyl (C=O) groups excluding carboxylic acids is 3. The minimum absolute atomic E-state index is 0.00774. The number of aromatic nitrogens is 3. The van der Waals surface area contributed by atoms with Gasteiger partial charge in [0.1, 0.15) is 5.69 Å². The standard InChI is InChI=1S/C31H40N6O3/c1-4-25-19-27(31(40)36-17-8-5-6-10-21(36)2)33-28-20-26(34-37(25)28)22-12-14-24(15-13-22)32-29(38)18-23-11-7-9-16-35(3)30(23)39/h12-15,19-21,23H,4-11,16-18H2,1-3H3,(H,32,38). The smallest absolute Gasteiger partial charge is 0.272 e. The quantitative estimate of drug-likeness (QED) is 0.473. The molecule has 1 N–H and O–H groups in total. The Hall–Kier alpha value is -3.75. The zero-order valence-corrected chi connectivity index (χ0v) is 23.9. The topological polar surface area (TPSA) is 99.9 Å². The normalized spacial score (nSPS) is 20.3. The molecule has 212 valence electrons. The molecule has 3 aromatic rings. The largest absolute Gasteiger partial charge is 0.346 e.